The molecule has 1 amide bonds. The number of ether oxygens (including phenoxy) is 2. The highest BCUT2D eigenvalue weighted by Gasteiger charge is 2.44. The minimum Gasteiger partial charge on any atom is -0.448 e. The van der Waals surface area contributed by atoms with Crippen molar-refractivity contribution in [3.05, 3.63) is 18.2 Å². The average Bonchev–Trinajstić information content (AvgIpc) is 3.05. The van der Waals surface area contributed by atoms with Gasteiger partial charge in [0.15, 0.2) is 11.5 Å². The predicted octanol–water partition coefficient (Wildman–Crippen LogP) is 4.10. The summed E-state index contributed by atoms with van der Waals surface area (Å²) in [4.78, 5) is 12.1. The van der Waals surface area contributed by atoms with E-state index in [0.29, 0.717) is 0 Å². The lowest BCUT2D eigenvalue weighted by Gasteiger charge is -2.21. The van der Waals surface area contributed by atoms with Gasteiger partial charge in [0.25, 0.3) is 5.79 Å². The molecule has 1 aliphatic heterocycles. The van der Waals surface area contributed by atoms with Crippen LogP contribution in [0.1, 0.15) is 52.4 Å². The summed E-state index contributed by atoms with van der Waals surface area (Å²) in [5.41, 5.74) is 0.778. The fourth-order valence-corrected chi connectivity index (χ4v) is 3.12. The average molecular weight is 289 g/mol. The summed E-state index contributed by atoms with van der Waals surface area (Å²) in [6.07, 6.45) is 6.09. The number of nitrogens with one attached hydrogen (secondary N) is 1. The van der Waals surface area contributed by atoms with E-state index >= 15 is 0 Å². The van der Waals surface area contributed by atoms with Crippen LogP contribution in [-0.2, 0) is 4.79 Å². The summed E-state index contributed by atoms with van der Waals surface area (Å²) in [6.45, 7) is 4.05. The molecule has 1 N–H and O–H groups in total. The van der Waals surface area contributed by atoms with Gasteiger partial charge in [0, 0.05) is 30.5 Å². The summed E-state index contributed by atoms with van der Waals surface area (Å²) < 4.78 is 12.0. The molecule has 1 atom stereocenters. The van der Waals surface area contributed by atoms with E-state index in [-0.39, 0.29) is 11.8 Å². The van der Waals surface area contributed by atoms with Gasteiger partial charge in [-0.15, -0.1) is 0 Å². The Kier molecular flexibility index (Phi) is 3.79. The molecule has 1 aliphatic carbocycles. The van der Waals surface area contributed by atoms with Gasteiger partial charge in [-0.2, -0.15) is 0 Å². The molecule has 0 bridgehead atoms. The number of fused-ring (bicyclic) bond motifs is 1. The van der Waals surface area contributed by atoms with Gasteiger partial charge >= 0.3 is 0 Å². The van der Waals surface area contributed by atoms with Crippen molar-refractivity contribution in [1.82, 2.24) is 0 Å². The van der Waals surface area contributed by atoms with Crippen LogP contribution in [0.2, 0.25) is 0 Å². The summed E-state index contributed by atoms with van der Waals surface area (Å²) >= 11 is 0. The van der Waals surface area contributed by atoms with E-state index in [1.165, 1.54) is 0 Å². The highest BCUT2D eigenvalue weighted by Crippen LogP contribution is 2.47. The number of carbonyl (C=O) groups excluding carboxylic acids is 1. The van der Waals surface area contributed by atoms with Gasteiger partial charge in [0.05, 0.1) is 0 Å². The van der Waals surface area contributed by atoms with E-state index in [1.807, 2.05) is 25.1 Å². The smallest absolute Gasteiger partial charge is 0.251 e. The van der Waals surface area contributed by atoms with Crippen molar-refractivity contribution in [3.8, 4) is 11.5 Å². The lowest BCUT2D eigenvalue weighted by Crippen LogP contribution is -2.34. The van der Waals surface area contributed by atoms with E-state index < -0.39 is 5.79 Å². The zero-order chi connectivity index (χ0) is 14.9. The van der Waals surface area contributed by atoms with Crippen molar-refractivity contribution >= 4 is 11.6 Å². The zero-order valence-electron chi connectivity index (χ0n) is 12.8. The SMILES string of the molecule is CCCC(C)C(=O)Nc1ccc2c(c1)OC1(CCCC1)O2. The largest absolute Gasteiger partial charge is 0.448 e. The molecule has 1 unspecified atom stereocenters. The number of carbonyl (C=O) groups is 1. The number of anilines is 1. The van der Waals surface area contributed by atoms with E-state index in [1.54, 1.807) is 0 Å². The second kappa shape index (κ2) is 5.58. The first-order chi connectivity index (χ1) is 10.1. The van der Waals surface area contributed by atoms with Crippen LogP contribution in [0.25, 0.3) is 0 Å². The van der Waals surface area contributed by atoms with Gasteiger partial charge in [0.1, 0.15) is 0 Å². The molecule has 114 valence electrons. The Morgan fingerprint density at radius 2 is 2.00 bits per heavy atom. The molecular weight excluding hydrogens is 266 g/mol. The van der Waals surface area contributed by atoms with Crippen molar-refractivity contribution in [2.45, 2.75) is 58.2 Å². The van der Waals surface area contributed by atoms with Crippen molar-refractivity contribution in [1.29, 1.82) is 0 Å². The number of amides is 1. The Balaban J connectivity index is 1.69. The first-order valence-electron chi connectivity index (χ1n) is 7.95. The molecule has 1 aromatic carbocycles. The molecule has 2 aliphatic rings. The number of benzene rings is 1. The van der Waals surface area contributed by atoms with Gasteiger partial charge in [-0.1, -0.05) is 20.3 Å². The molecule has 4 heteroatoms. The highest BCUT2D eigenvalue weighted by molar-refractivity contribution is 5.92. The van der Waals surface area contributed by atoms with Crippen LogP contribution < -0.4 is 14.8 Å². The van der Waals surface area contributed by atoms with Gasteiger partial charge in [0.2, 0.25) is 5.91 Å². The first-order valence-corrected chi connectivity index (χ1v) is 7.95. The normalized spacial score (nSPS) is 19.7. The summed E-state index contributed by atoms with van der Waals surface area (Å²) in [7, 11) is 0. The van der Waals surface area contributed by atoms with Crippen LogP contribution in [0.5, 0.6) is 11.5 Å². The van der Waals surface area contributed by atoms with Crippen molar-refractivity contribution < 1.29 is 14.3 Å². The second-order valence-electron chi connectivity index (χ2n) is 6.16. The van der Waals surface area contributed by atoms with E-state index in [9.17, 15) is 4.79 Å². The zero-order valence-corrected chi connectivity index (χ0v) is 12.8. The Morgan fingerprint density at radius 1 is 1.29 bits per heavy atom. The maximum atomic E-state index is 12.1. The lowest BCUT2D eigenvalue weighted by molar-refractivity contribution is -0.119. The van der Waals surface area contributed by atoms with Gasteiger partial charge in [-0.25, -0.2) is 0 Å². The molecule has 0 aromatic heterocycles. The van der Waals surface area contributed by atoms with E-state index in [4.69, 9.17) is 9.47 Å². The maximum Gasteiger partial charge on any atom is 0.251 e. The summed E-state index contributed by atoms with van der Waals surface area (Å²) in [5.74, 6) is 1.18. The first kappa shape index (κ1) is 14.2. The Morgan fingerprint density at radius 3 is 2.71 bits per heavy atom. The number of hydrogen-bond donors (Lipinski definition) is 1. The molecule has 21 heavy (non-hydrogen) atoms. The standard InChI is InChI=1S/C17H23NO3/c1-3-6-12(2)16(19)18-13-7-8-14-15(11-13)21-17(20-14)9-4-5-10-17/h7-8,11-12H,3-6,9-10H2,1-2H3,(H,18,19). The number of rotatable bonds is 4. The van der Waals surface area contributed by atoms with Crippen LogP contribution in [0.15, 0.2) is 18.2 Å². The quantitative estimate of drug-likeness (QED) is 0.907. The van der Waals surface area contributed by atoms with Crippen LogP contribution in [0.3, 0.4) is 0 Å². The number of hydrogen-bond acceptors (Lipinski definition) is 3. The molecule has 3 rings (SSSR count). The molecule has 0 saturated heterocycles. The minimum absolute atomic E-state index is 0.0293. The molecule has 1 spiro atoms. The van der Waals surface area contributed by atoms with Crippen molar-refractivity contribution in [2.75, 3.05) is 5.32 Å². The van der Waals surface area contributed by atoms with Crippen LogP contribution in [-0.4, -0.2) is 11.7 Å². The molecule has 1 heterocycles. The Bertz CT molecular complexity index is 535. The fraction of sp³-hybridized carbons (Fsp3) is 0.588. The molecule has 1 fully saturated rings. The molecule has 1 saturated carbocycles. The van der Waals surface area contributed by atoms with Gasteiger partial charge in [-0.05, 0) is 31.4 Å². The predicted molar refractivity (Wildman–Crippen MR) is 81.6 cm³/mol. The summed E-state index contributed by atoms with van der Waals surface area (Å²) in [5, 5.41) is 2.96. The van der Waals surface area contributed by atoms with Crippen LogP contribution in [0, 0.1) is 5.92 Å². The third kappa shape index (κ3) is 2.85. The van der Waals surface area contributed by atoms with Crippen molar-refractivity contribution in [3.63, 3.8) is 0 Å². The highest BCUT2D eigenvalue weighted by atomic mass is 16.7. The van der Waals surface area contributed by atoms with Crippen molar-refractivity contribution in [2.24, 2.45) is 5.92 Å². The van der Waals surface area contributed by atoms with Crippen LogP contribution in [0.4, 0.5) is 5.69 Å². The monoisotopic (exact) mass is 289 g/mol. The molecule has 1 aromatic rings. The lowest BCUT2D eigenvalue weighted by atomic mass is 10.1. The Labute approximate surface area is 125 Å². The van der Waals surface area contributed by atoms with E-state index in [2.05, 4.69) is 12.2 Å². The van der Waals surface area contributed by atoms with Gasteiger partial charge < -0.3 is 14.8 Å². The molecular formula is C17H23NO3. The fourth-order valence-electron chi connectivity index (χ4n) is 3.12. The van der Waals surface area contributed by atoms with Crippen LogP contribution >= 0.6 is 0 Å². The maximum absolute atomic E-state index is 12.1. The summed E-state index contributed by atoms with van der Waals surface area (Å²) in [6, 6.07) is 5.65. The molecule has 4 nitrogen and oxygen atoms in total. The second-order valence-corrected chi connectivity index (χ2v) is 6.16. The Hall–Kier alpha value is -1.71. The van der Waals surface area contributed by atoms with Gasteiger partial charge in [-0.3, -0.25) is 4.79 Å². The third-order valence-electron chi connectivity index (χ3n) is 4.34. The van der Waals surface area contributed by atoms with E-state index in [0.717, 1.165) is 55.7 Å². The minimum atomic E-state index is -0.444. The topological polar surface area (TPSA) is 47.6 Å². The molecule has 0 radical (unpaired) electrons. The third-order valence-corrected chi connectivity index (χ3v) is 4.34.